The first-order chi connectivity index (χ1) is 8.16. The molecule has 0 aliphatic heterocycles. The smallest absolute Gasteiger partial charge is 0.412 e. The van der Waals surface area contributed by atoms with Crippen LogP contribution in [0.15, 0.2) is 60.7 Å². The summed E-state index contributed by atoms with van der Waals surface area (Å²) in [6.07, 6.45) is 0. The lowest BCUT2D eigenvalue weighted by Gasteiger charge is -2.13. The zero-order valence-electron chi connectivity index (χ0n) is 9.32. The quantitative estimate of drug-likeness (QED) is 0.805. The molecule has 0 unspecified atom stereocenters. The highest BCUT2D eigenvalue weighted by molar-refractivity contribution is 7.82. The van der Waals surface area contributed by atoms with Gasteiger partial charge in [0, 0.05) is 11.2 Å². The lowest BCUT2D eigenvalue weighted by molar-refractivity contribution is 0.406. The third-order valence-corrected chi connectivity index (χ3v) is 3.19. The molecule has 0 heterocycles. The summed E-state index contributed by atoms with van der Waals surface area (Å²) >= 11 is 5.72. The number of halogens is 1. The molecular weight excluding hydrogens is 275 g/mol. The van der Waals surface area contributed by atoms with Crippen molar-refractivity contribution in [2.75, 3.05) is 0 Å². The van der Waals surface area contributed by atoms with Gasteiger partial charge in [0.15, 0.2) is 0 Å². The molecule has 0 amide bonds. The van der Waals surface area contributed by atoms with Crippen molar-refractivity contribution in [1.82, 2.24) is 0 Å². The predicted octanol–water partition coefficient (Wildman–Crippen LogP) is 3.67. The first-order valence-corrected chi connectivity index (χ1v) is 7.39. The Labute approximate surface area is 110 Å². The monoisotopic (exact) mass is 286 g/mol. The van der Waals surface area contributed by atoms with E-state index in [0.717, 1.165) is 0 Å². The molecule has 96 valence electrons. The summed E-state index contributed by atoms with van der Waals surface area (Å²) in [6, 6.07) is 17.3. The fraction of sp³-hybridized carbons (Fsp3) is 0. The zero-order valence-corrected chi connectivity index (χ0v) is 11.0. The van der Waals surface area contributed by atoms with E-state index in [1.807, 2.05) is 12.1 Å². The molecule has 0 atom stereocenters. The summed E-state index contributed by atoms with van der Waals surface area (Å²) in [5.74, 6) is 0.809. The maximum atomic E-state index is 11.9. The Kier molecular flexibility index (Phi) is 5.23. The Morgan fingerprint density at radius 2 is 1.11 bits per heavy atom. The molecule has 0 aromatic heterocycles. The van der Waals surface area contributed by atoms with Crippen LogP contribution in [0.5, 0.6) is 11.5 Å². The molecule has 0 radical (unpaired) electrons. The first-order valence-electron chi connectivity index (χ1n) is 4.95. The Bertz CT molecular complexity index is 473. The lowest BCUT2D eigenvalue weighted by Crippen LogP contribution is -1.94. The maximum Gasteiger partial charge on any atom is 0.530 e. The highest BCUT2D eigenvalue weighted by Gasteiger charge is 2.24. The second-order valence-corrected chi connectivity index (χ2v) is 5.71. The highest BCUT2D eigenvalue weighted by Crippen LogP contribution is 2.52. The molecule has 0 aliphatic carbocycles. The minimum atomic E-state index is -3.66. The fourth-order valence-electron chi connectivity index (χ4n) is 1.23. The molecule has 4 nitrogen and oxygen atoms in total. The number of benzene rings is 2. The summed E-state index contributed by atoms with van der Waals surface area (Å²) in [5, 5.41) is 0. The molecule has 2 rings (SSSR count). The van der Waals surface area contributed by atoms with Crippen LogP contribution in [0, 0.1) is 0 Å². The van der Waals surface area contributed by atoms with Crippen molar-refractivity contribution in [3.8, 4) is 11.5 Å². The van der Waals surface area contributed by atoms with Crippen LogP contribution >= 0.6 is 18.2 Å². The van der Waals surface area contributed by atoms with E-state index in [1.54, 1.807) is 48.5 Å². The minimum absolute atomic E-state index is 0. The van der Waals surface area contributed by atoms with Crippen molar-refractivity contribution >= 4 is 18.2 Å². The van der Waals surface area contributed by atoms with Gasteiger partial charge in [0.1, 0.15) is 11.5 Å². The van der Waals surface area contributed by atoms with Gasteiger partial charge in [-0.05, 0) is 24.3 Å². The Hall–Kier alpha value is -1.48. The van der Waals surface area contributed by atoms with Gasteiger partial charge in [-0.1, -0.05) is 36.4 Å². The number of para-hydroxylation sites is 2. The minimum Gasteiger partial charge on any atom is -0.412 e. The Balaban J connectivity index is 0.00000162. The van der Waals surface area contributed by atoms with Gasteiger partial charge in [-0.3, -0.25) is 0 Å². The van der Waals surface area contributed by atoms with Crippen LogP contribution < -0.4 is 9.05 Å². The van der Waals surface area contributed by atoms with E-state index < -0.39 is 6.95 Å². The zero-order chi connectivity index (χ0) is 12.1. The van der Waals surface area contributed by atoms with Gasteiger partial charge in [-0.2, -0.15) is 0 Å². The first kappa shape index (κ1) is 14.6. The second kappa shape index (κ2) is 6.45. The van der Waals surface area contributed by atoms with Crippen LogP contribution in [-0.2, 0) is 4.57 Å². The van der Waals surface area contributed by atoms with Crippen molar-refractivity contribution in [3.63, 3.8) is 0 Å². The average Bonchev–Trinajstić information content (AvgIpc) is 2.30. The summed E-state index contributed by atoms with van der Waals surface area (Å²) in [4.78, 5) is 0. The van der Waals surface area contributed by atoms with Crippen molar-refractivity contribution in [3.05, 3.63) is 60.7 Å². The van der Waals surface area contributed by atoms with Gasteiger partial charge in [0.2, 0.25) is 0 Å². The molecule has 2 aromatic rings. The molecular formula is C12H12ClO4P. The lowest BCUT2D eigenvalue weighted by atomic mass is 10.3. The number of hydrogen-bond donors (Lipinski definition) is 0. The SMILES string of the molecule is O.O=P(Cl)(Oc1ccccc1)Oc1ccccc1. The molecule has 0 spiro atoms. The normalized spacial score (nSPS) is 10.3. The summed E-state index contributed by atoms with van der Waals surface area (Å²) in [7, 11) is 0. The molecule has 0 saturated heterocycles. The van der Waals surface area contributed by atoms with Crippen molar-refractivity contribution < 1.29 is 19.1 Å². The van der Waals surface area contributed by atoms with Crippen molar-refractivity contribution in [2.24, 2.45) is 0 Å². The van der Waals surface area contributed by atoms with Gasteiger partial charge >= 0.3 is 6.95 Å². The molecule has 2 N–H and O–H groups in total. The van der Waals surface area contributed by atoms with E-state index in [9.17, 15) is 4.57 Å². The van der Waals surface area contributed by atoms with E-state index in [1.165, 1.54) is 0 Å². The van der Waals surface area contributed by atoms with E-state index in [2.05, 4.69) is 0 Å². The van der Waals surface area contributed by atoms with Crippen LogP contribution in [-0.4, -0.2) is 5.48 Å². The summed E-state index contributed by atoms with van der Waals surface area (Å²) < 4.78 is 22.1. The molecule has 6 heteroatoms. The van der Waals surface area contributed by atoms with Crippen LogP contribution in [0.2, 0.25) is 0 Å². The van der Waals surface area contributed by atoms with Gasteiger partial charge in [0.25, 0.3) is 0 Å². The predicted molar refractivity (Wildman–Crippen MR) is 71.2 cm³/mol. The van der Waals surface area contributed by atoms with E-state index in [-0.39, 0.29) is 5.48 Å². The van der Waals surface area contributed by atoms with E-state index in [0.29, 0.717) is 11.5 Å². The van der Waals surface area contributed by atoms with Gasteiger partial charge in [-0.15, -0.1) is 0 Å². The van der Waals surface area contributed by atoms with Crippen LogP contribution in [0.3, 0.4) is 0 Å². The topological polar surface area (TPSA) is 67.0 Å². The van der Waals surface area contributed by atoms with Crippen molar-refractivity contribution in [1.29, 1.82) is 0 Å². The molecule has 18 heavy (non-hydrogen) atoms. The van der Waals surface area contributed by atoms with Crippen LogP contribution in [0.25, 0.3) is 0 Å². The highest BCUT2D eigenvalue weighted by atomic mass is 35.7. The Morgan fingerprint density at radius 3 is 1.44 bits per heavy atom. The molecule has 0 bridgehead atoms. The number of hydrogen-bond acceptors (Lipinski definition) is 3. The third kappa shape index (κ3) is 4.41. The average molecular weight is 287 g/mol. The molecule has 0 saturated carbocycles. The van der Waals surface area contributed by atoms with Gasteiger partial charge in [0.05, 0.1) is 0 Å². The van der Waals surface area contributed by atoms with E-state index in [4.69, 9.17) is 20.3 Å². The summed E-state index contributed by atoms with van der Waals surface area (Å²) in [5.41, 5.74) is 0. The largest absolute Gasteiger partial charge is 0.530 e. The van der Waals surface area contributed by atoms with Crippen LogP contribution in [0.1, 0.15) is 0 Å². The van der Waals surface area contributed by atoms with Gasteiger partial charge in [-0.25, -0.2) is 4.57 Å². The molecule has 0 aliphatic rings. The molecule has 2 aromatic carbocycles. The standard InChI is InChI=1S/C12H10ClO3P.H2O/c13-17(14,15-11-7-3-1-4-8-11)16-12-9-5-2-6-10-12;/h1-10H;1H2. The van der Waals surface area contributed by atoms with Gasteiger partial charge < -0.3 is 14.5 Å². The van der Waals surface area contributed by atoms with Crippen LogP contribution in [0.4, 0.5) is 0 Å². The summed E-state index contributed by atoms with van der Waals surface area (Å²) in [6.45, 7) is -3.66. The van der Waals surface area contributed by atoms with Crippen molar-refractivity contribution in [2.45, 2.75) is 0 Å². The maximum absolute atomic E-state index is 11.9. The fourth-order valence-corrected chi connectivity index (χ4v) is 2.50. The van der Waals surface area contributed by atoms with E-state index >= 15 is 0 Å². The Morgan fingerprint density at radius 1 is 0.778 bits per heavy atom. The molecule has 0 fully saturated rings. The third-order valence-electron chi connectivity index (χ3n) is 1.92. The number of rotatable bonds is 4. The second-order valence-electron chi connectivity index (χ2n) is 3.24.